The Bertz CT molecular complexity index is 578. The maximum absolute atomic E-state index is 9.50. The van der Waals surface area contributed by atoms with E-state index in [1.807, 2.05) is 32.0 Å². The summed E-state index contributed by atoms with van der Waals surface area (Å²) in [5.41, 5.74) is 2.98. The molecule has 0 aliphatic rings. The van der Waals surface area contributed by atoms with Crippen molar-refractivity contribution < 1.29 is 10.2 Å². The lowest BCUT2D eigenvalue weighted by atomic mass is 10.1. The first-order valence-electron chi connectivity index (χ1n) is 6.01. The summed E-state index contributed by atoms with van der Waals surface area (Å²) in [5, 5.41) is 22.3. The van der Waals surface area contributed by atoms with E-state index < -0.39 is 0 Å². The molecule has 0 bridgehead atoms. The standard InChI is InChI=1S/C15H16BrNO2/c1-9-3-4-15(14(16)5-9)17-10(2)11-6-12(18)8-13(19)7-11/h3-8,10,17-19H,1-2H3. The highest BCUT2D eigenvalue weighted by molar-refractivity contribution is 9.10. The van der Waals surface area contributed by atoms with Crippen molar-refractivity contribution in [3.05, 3.63) is 52.0 Å². The van der Waals surface area contributed by atoms with Gasteiger partial charge in [-0.3, -0.25) is 0 Å². The van der Waals surface area contributed by atoms with Crippen molar-refractivity contribution in [2.75, 3.05) is 5.32 Å². The number of phenols is 2. The van der Waals surface area contributed by atoms with Gasteiger partial charge in [0.25, 0.3) is 0 Å². The number of hydrogen-bond donors (Lipinski definition) is 3. The van der Waals surface area contributed by atoms with Crippen molar-refractivity contribution in [3.8, 4) is 11.5 Å². The first-order chi connectivity index (χ1) is 8.95. The number of halogens is 1. The number of anilines is 1. The predicted molar refractivity (Wildman–Crippen MR) is 80.7 cm³/mol. The van der Waals surface area contributed by atoms with Gasteiger partial charge < -0.3 is 15.5 Å². The van der Waals surface area contributed by atoms with Crippen LogP contribution in [0.25, 0.3) is 0 Å². The fourth-order valence-electron chi connectivity index (χ4n) is 1.92. The van der Waals surface area contributed by atoms with Gasteiger partial charge in [-0.25, -0.2) is 0 Å². The molecule has 1 unspecified atom stereocenters. The van der Waals surface area contributed by atoms with Gasteiger partial charge in [-0.1, -0.05) is 6.07 Å². The van der Waals surface area contributed by atoms with Crippen LogP contribution in [0.3, 0.4) is 0 Å². The normalized spacial score (nSPS) is 12.2. The van der Waals surface area contributed by atoms with Crippen LogP contribution in [0.15, 0.2) is 40.9 Å². The van der Waals surface area contributed by atoms with E-state index in [0.717, 1.165) is 15.7 Å². The SMILES string of the molecule is Cc1ccc(NC(C)c2cc(O)cc(O)c2)c(Br)c1. The van der Waals surface area contributed by atoms with Gasteiger partial charge in [0.15, 0.2) is 0 Å². The predicted octanol–water partition coefficient (Wildman–Crippen LogP) is 4.34. The van der Waals surface area contributed by atoms with E-state index in [0.29, 0.717) is 0 Å². The number of rotatable bonds is 3. The first-order valence-corrected chi connectivity index (χ1v) is 6.80. The van der Waals surface area contributed by atoms with Gasteiger partial charge >= 0.3 is 0 Å². The van der Waals surface area contributed by atoms with Crippen molar-refractivity contribution in [3.63, 3.8) is 0 Å². The monoisotopic (exact) mass is 321 g/mol. The third-order valence-electron chi connectivity index (χ3n) is 2.92. The summed E-state index contributed by atoms with van der Waals surface area (Å²) >= 11 is 3.52. The summed E-state index contributed by atoms with van der Waals surface area (Å²) in [7, 11) is 0. The van der Waals surface area contributed by atoms with Crippen LogP contribution in [0.5, 0.6) is 11.5 Å². The fourth-order valence-corrected chi connectivity index (χ4v) is 2.53. The van der Waals surface area contributed by atoms with Crippen LogP contribution in [0, 0.1) is 6.92 Å². The molecule has 0 saturated heterocycles. The summed E-state index contributed by atoms with van der Waals surface area (Å²) in [6.07, 6.45) is 0. The highest BCUT2D eigenvalue weighted by Gasteiger charge is 2.09. The van der Waals surface area contributed by atoms with Crippen LogP contribution in [0.4, 0.5) is 5.69 Å². The molecule has 2 aromatic carbocycles. The number of benzene rings is 2. The fraction of sp³-hybridized carbons (Fsp3) is 0.200. The molecule has 0 amide bonds. The maximum atomic E-state index is 9.50. The molecule has 0 aromatic heterocycles. The molecule has 0 fully saturated rings. The minimum Gasteiger partial charge on any atom is -0.508 e. The average molecular weight is 322 g/mol. The molecule has 1 atom stereocenters. The lowest BCUT2D eigenvalue weighted by Crippen LogP contribution is -2.07. The summed E-state index contributed by atoms with van der Waals surface area (Å²) < 4.78 is 0.990. The zero-order valence-corrected chi connectivity index (χ0v) is 12.4. The van der Waals surface area contributed by atoms with Gasteiger partial charge in [0, 0.05) is 22.3 Å². The minimum absolute atomic E-state index is 0.0305. The van der Waals surface area contributed by atoms with Crippen molar-refractivity contribution in [1.29, 1.82) is 0 Å². The Kier molecular flexibility index (Phi) is 4.00. The van der Waals surface area contributed by atoms with Gasteiger partial charge in [-0.2, -0.15) is 0 Å². The van der Waals surface area contributed by atoms with Crippen LogP contribution >= 0.6 is 15.9 Å². The van der Waals surface area contributed by atoms with E-state index in [-0.39, 0.29) is 17.5 Å². The van der Waals surface area contributed by atoms with E-state index in [1.54, 1.807) is 12.1 Å². The van der Waals surface area contributed by atoms with Crippen molar-refractivity contribution in [2.24, 2.45) is 0 Å². The van der Waals surface area contributed by atoms with Crippen molar-refractivity contribution in [1.82, 2.24) is 0 Å². The topological polar surface area (TPSA) is 52.5 Å². The van der Waals surface area contributed by atoms with Crippen molar-refractivity contribution in [2.45, 2.75) is 19.9 Å². The Hall–Kier alpha value is -1.68. The van der Waals surface area contributed by atoms with Crippen LogP contribution in [0.2, 0.25) is 0 Å². The molecule has 2 rings (SSSR count). The van der Waals surface area contributed by atoms with E-state index in [9.17, 15) is 10.2 Å². The zero-order valence-electron chi connectivity index (χ0n) is 10.8. The lowest BCUT2D eigenvalue weighted by molar-refractivity contribution is 0.448. The zero-order chi connectivity index (χ0) is 14.0. The minimum atomic E-state index is -0.0305. The summed E-state index contributed by atoms with van der Waals surface area (Å²) in [6, 6.07) is 10.6. The Morgan fingerprint density at radius 2 is 1.68 bits per heavy atom. The van der Waals surface area contributed by atoms with E-state index >= 15 is 0 Å². The van der Waals surface area contributed by atoms with Crippen LogP contribution in [-0.2, 0) is 0 Å². The van der Waals surface area contributed by atoms with E-state index in [1.165, 1.54) is 11.6 Å². The van der Waals surface area contributed by atoms with E-state index in [4.69, 9.17) is 0 Å². The summed E-state index contributed by atoms with van der Waals surface area (Å²) in [5.74, 6) is 0.123. The summed E-state index contributed by atoms with van der Waals surface area (Å²) in [6.45, 7) is 4.01. The van der Waals surface area contributed by atoms with Gasteiger partial charge in [0.2, 0.25) is 0 Å². The molecule has 3 nitrogen and oxygen atoms in total. The number of hydrogen-bond acceptors (Lipinski definition) is 3. The Balaban J connectivity index is 2.22. The molecule has 0 radical (unpaired) electrons. The molecule has 4 heteroatoms. The molecule has 100 valence electrons. The van der Waals surface area contributed by atoms with Crippen LogP contribution in [0.1, 0.15) is 24.1 Å². The molecule has 0 aliphatic heterocycles. The van der Waals surface area contributed by atoms with Gasteiger partial charge in [0.05, 0.1) is 0 Å². The maximum Gasteiger partial charge on any atom is 0.119 e. The Morgan fingerprint density at radius 3 is 2.26 bits per heavy atom. The first kappa shape index (κ1) is 13.7. The molecule has 0 aliphatic carbocycles. The Labute approximate surface area is 121 Å². The average Bonchev–Trinajstić information content (AvgIpc) is 2.31. The number of nitrogens with one attached hydrogen (secondary N) is 1. The largest absolute Gasteiger partial charge is 0.508 e. The molecule has 3 N–H and O–H groups in total. The highest BCUT2D eigenvalue weighted by atomic mass is 79.9. The van der Waals surface area contributed by atoms with Crippen molar-refractivity contribution >= 4 is 21.6 Å². The van der Waals surface area contributed by atoms with Gasteiger partial charge in [-0.05, 0) is 65.2 Å². The number of phenolic OH excluding ortho intramolecular Hbond substituents is 2. The highest BCUT2D eigenvalue weighted by Crippen LogP contribution is 2.30. The molecule has 2 aromatic rings. The lowest BCUT2D eigenvalue weighted by Gasteiger charge is -2.17. The molecular weight excluding hydrogens is 306 g/mol. The smallest absolute Gasteiger partial charge is 0.119 e. The third kappa shape index (κ3) is 3.41. The number of aromatic hydroxyl groups is 2. The van der Waals surface area contributed by atoms with Gasteiger partial charge in [-0.15, -0.1) is 0 Å². The second kappa shape index (κ2) is 5.53. The van der Waals surface area contributed by atoms with Crippen LogP contribution in [-0.4, -0.2) is 10.2 Å². The second-order valence-corrected chi connectivity index (χ2v) is 5.49. The third-order valence-corrected chi connectivity index (χ3v) is 3.58. The molecule has 0 spiro atoms. The summed E-state index contributed by atoms with van der Waals surface area (Å²) in [4.78, 5) is 0. The second-order valence-electron chi connectivity index (χ2n) is 4.63. The number of aryl methyl sites for hydroxylation is 1. The molecule has 0 saturated carbocycles. The Morgan fingerprint density at radius 1 is 1.05 bits per heavy atom. The van der Waals surface area contributed by atoms with Gasteiger partial charge in [0.1, 0.15) is 11.5 Å². The molecular formula is C15H16BrNO2. The molecule has 0 heterocycles. The quantitative estimate of drug-likeness (QED) is 0.788. The van der Waals surface area contributed by atoms with Crippen LogP contribution < -0.4 is 5.32 Å². The molecule has 19 heavy (non-hydrogen) atoms. The van der Waals surface area contributed by atoms with E-state index in [2.05, 4.69) is 21.2 Å².